The minimum Gasteiger partial charge on any atom is -0.0738 e. The smallest absolute Gasteiger partial charge is 0.0193 e. The van der Waals surface area contributed by atoms with Crippen LogP contribution in [0.5, 0.6) is 0 Å². The summed E-state index contributed by atoms with van der Waals surface area (Å²) in [5.74, 6) is 1.84. The lowest BCUT2D eigenvalue weighted by Gasteiger charge is -2.41. The standard InChI is InChI=1S/C16H28/c1-12-9-14(11-16(3,4)10-12)15-8-6-5-7-13(15)2/h12,14H,5-11H2,1-4H3. The Morgan fingerprint density at radius 3 is 2.38 bits per heavy atom. The van der Waals surface area contributed by atoms with Gasteiger partial charge in [-0.25, -0.2) is 0 Å². The number of allylic oxidation sites excluding steroid dienone is 2. The molecule has 2 atom stereocenters. The third-order valence-corrected chi connectivity index (χ3v) is 4.68. The van der Waals surface area contributed by atoms with Gasteiger partial charge in [0.1, 0.15) is 0 Å². The summed E-state index contributed by atoms with van der Waals surface area (Å²) in [6.07, 6.45) is 9.97. The van der Waals surface area contributed by atoms with Crippen LogP contribution in [0.15, 0.2) is 11.1 Å². The minimum atomic E-state index is 0.576. The summed E-state index contributed by atoms with van der Waals surface area (Å²) in [7, 11) is 0. The predicted molar refractivity (Wildman–Crippen MR) is 71.5 cm³/mol. The van der Waals surface area contributed by atoms with Crippen molar-refractivity contribution in [1.29, 1.82) is 0 Å². The monoisotopic (exact) mass is 220 g/mol. The molecule has 2 aliphatic carbocycles. The van der Waals surface area contributed by atoms with Crippen LogP contribution in [0.1, 0.15) is 72.6 Å². The Morgan fingerprint density at radius 2 is 1.75 bits per heavy atom. The van der Waals surface area contributed by atoms with Crippen LogP contribution < -0.4 is 0 Å². The van der Waals surface area contributed by atoms with Crippen LogP contribution >= 0.6 is 0 Å². The maximum absolute atomic E-state index is 2.47. The predicted octanol–water partition coefficient (Wildman–Crippen LogP) is 5.34. The molecule has 0 aromatic heterocycles. The molecule has 92 valence electrons. The highest BCUT2D eigenvalue weighted by Gasteiger charge is 2.34. The fourth-order valence-electron chi connectivity index (χ4n) is 4.24. The van der Waals surface area contributed by atoms with Crippen LogP contribution in [-0.2, 0) is 0 Å². The van der Waals surface area contributed by atoms with Crippen molar-refractivity contribution in [2.75, 3.05) is 0 Å². The highest BCUT2D eigenvalue weighted by atomic mass is 14.4. The summed E-state index contributed by atoms with van der Waals surface area (Å²) < 4.78 is 0. The topological polar surface area (TPSA) is 0 Å². The molecule has 0 aliphatic heterocycles. The minimum absolute atomic E-state index is 0.576. The lowest BCUT2D eigenvalue weighted by atomic mass is 9.64. The van der Waals surface area contributed by atoms with Gasteiger partial charge in [0.25, 0.3) is 0 Å². The molecular formula is C16H28. The van der Waals surface area contributed by atoms with E-state index in [2.05, 4.69) is 27.7 Å². The highest BCUT2D eigenvalue weighted by Crippen LogP contribution is 2.46. The summed E-state index contributed by atoms with van der Waals surface area (Å²) in [5, 5.41) is 0. The van der Waals surface area contributed by atoms with Gasteiger partial charge in [0.15, 0.2) is 0 Å². The van der Waals surface area contributed by atoms with E-state index in [0.717, 1.165) is 11.8 Å². The van der Waals surface area contributed by atoms with Crippen molar-refractivity contribution >= 4 is 0 Å². The van der Waals surface area contributed by atoms with Gasteiger partial charge in [0, 0.05) is 0 Å². The van der Waals surface area contributed by atoms with E-state index in [1.807, 2.05) is 5.57 Å². The van der Waals surface area contributed by atoms with Gasteiger partial charge in [-0.3, -0.25) is 0 Å². The fraction of sp³-hybridized carbons (Fsp3) is 0.875. The van der Waals surface area contributed by atoms with Gasteiger partial charge >= 0.3 is 0 Å². The van der Waals surface area contributed by atoms with Crippen LogP contribution in [0.4, 0.5) is 0 Å². The zero-order chi connectivity index (χ0) is 11.8. The third kappa shape index (κ3) is 2.70. The Hall–Kier alpha value is -0.260. The van der Waals surface area contributed by atoms with E-state index in [0.29, 0.717) is 5.41 Å². The molecule has 0 N–H and O–H groups in total. The van der Waals surface area contributed by atoms with Crippen molar-refractivity contribution in [2.24, 2.45) is 17.3 Å². The molecule has 0 heterocycles. The lowest BCUT2D eigenvalue weighted by molar-refractivity contribution is 0.147. The van der Waals surface area contributed by atoms with Gasteiger partial charge < -0.3 is 0 Å². The maximum Gasteiger partial charge on any atom is -0.0193 e. The SMILES string of the molecule is CC1=C(C2CC(C)CC(C)(C)C2)CCCC1. The van der Waals surface area contributed by atoms with Crippen LogP contribution in [0, 0.1) is 17.3 Å². The number of hydrogen-bond acceptors (Lipinski definition) is 0. The maximum atomic E-state index is 2.47. The van der Waals surface area contributed by atoms with Crippen LogP contribution in [0.2, 0.25) is 0 Å². The first-order chi connectivity index (χ1) is 7.48. The fourth-order valence-corrected chi connectivity index (χ4v) is 4.24. The first-order valence-electron chi connectivity index (χ1n) is 7.16. The Balaban J connectivity index is 2.14. The van der Waals surface area contributed by atoms with Crippen molar-refractivity contribution in [1.82, 2.24) is 0 Å². The molecule has 0 amide bonds. The molecule has 0 heteroatoms. The molecule has 2 rings (SSSR count). The number of hydrogen-bond donors (Lipinski definition) is 0. The Bertz CT molecular complexity index is 282. The van der Waals surface area contributed by atoms with Gasteiger partial charge in [-0.2, -0.15) is 0 Å². The summed E-state index contributed by atoms with van der Waals surface area (Å²) in [6.45, 7) is 9.77. The molecule has 0 aromatic rings. The molecule has 0 saturated heterocycles. The van der Waals surface area contributed by atoms with Crippen LogP contribution in [0.25, 0.3) is 0 Å². The average Bonchev–Trinajstić information content (AvgIpc) is 2.15. The molecule has 0 spiro atoms. The van der Waals surface area contributed by atoms with E-state index in [1.165, 1.54) is 44.9 Å². The lowest BCUT2D eigenvalue weighted by Crippen LogP contribution is -2.29. The zero-order valence-corrected chi connectivity index (χ0v) is 11.6. The first-order valence-corrected chi connectivity index (χ1v) is 7.16. The van der Waals surface area contributed by atoms with Crippen molar-refractivity contribution in [3.8, 4) is 0 Å². The number of rotatable bonds is 1. The third-order valence-electron chi connectivity index (χ3n) is 4.68. The van der Waals surface area contributed by atoms with Gasteiger partial charge in [-0.05, 0) is 69.1 Å². The average molecular weight is 220 g/mol. The molecule has 16 heavy (non-hydrogen) atoms. The van der Waals surface area contributed by atoms with E-state index in [-0.39, 0.29) is 0 Å². The molecule has 0 radical (unpaired) electrons. The van der Waals surface area contributed by atoms with Crippen molar-refractivity contribution in [3.05, 3.63) is 11.1 Å². The largest absolute Gasteiger partial charge is 0.0738 e. The van der Waals surface area contributed by atoms with Crippen molar-refractivity contribution in [3.63, 3.8) is 0 Å². The Labute approximate surface area is 102 Å². The molecule has 1 saturated carbocycles. The Morgan fingerprint density at radius 1 is 1.06 bits per heavy atom. The highest BCUT2D eigenvalue weighted by molar-refractivity contribution is 5.19. The molecular weight excluding hydrogens is 192 g/mol. The molecule has 0 bridgehead atoms. The Kier molecular flexibility index (Phi) is 3.47. The second-order valence-corrected chi connectivity index (χ2v) is 7.12. The normalized spacial score (nSPS) is 35.2. The van der Waals surface area contributed by atoms with E-state index in [4.69, 9.17) is 0 Å². The molecule has 2 aliphatic rings. The van der Waals surface area contributed by atoms with Crippen LogP contribution in [0.3, 0.4) is 0 Å². The molecule has 0 nitrogen and oxygen atoms in total. The summed E-state index contributed by atoms with van der Waals surface area (Å²) in [6, 6.07) is 0. The van der Waals surface area contributed by atoms with E-state index >= 15 is 0 Å². The van der Waals surface area contributed by atoms with Gasteiger partial charge in [0.05, 0.1) is 0 Å². The van der Waals surface area contributed by atoms with Gasteiger partial charge in [-0.1, -0.05) is 31.9 Å². The second kappa shape index (κ2) is 4.55. The van der Waals surface area contributed by atoms with E-state index < -0.39 is 0 Å². The summed E-state index contributed by atoms with van der Waals surface area (Å²) in [4.78, 5) is 0. The van der Waals surface area contributed by atoms with E-state index in [9.17, 15) is 0 Å². The second-order valence-electron chi connectivity index (χ2n) is 7.12. The summed E-state index contributed by atoms with van der Waals surface area (Å²) in [5.41, 5.74) is 4.17. The molecule has 0 aromatic carbocycles. The molecule has 2 unspecified atom stereocenters. The van der Waals surface area contributed by atoms with Crippen LogP contribution in [-0.4, -0.2) is 0 Å². The van der Waals surface area contributed by atoms with Gasteiger partial charge in [0.2, 0.25) is 0 Å². The molecule has 1 fully saturated rings. The van der Waals surface area contributed by atoms with Crippen molar-refractivity contribution in [2.45, 2.75) is 72.6 Å². The quantitative estimate of drug-likeness (QED) is 0.523. The van der Waals surface area contributed by atoms with E-state index in [1.54, 1.807) is 5.57 Å². The zero-order valence-electron chi connectivity index (χ0n) is 11.6. The van der Waals surface area contributed by atoms with Gasteiger partial charge in [-0.15, -0.1) is 0 Å². The summed E-state index contributed by atoms with van der Waals surface area (Å²) >= 11 is 0. The first kappa shape index (κ1) is 12.2. The van der Waals surface area contributed by atoms with Crippen molar-refractivity contribution < 1.29 is 0 Å².